The molecule has 0 bridgehead atoms. The molecule has 0 spiro atoms. The highest BCUT2D eigenvalue weighted by Gasteiger charge is 2.66. The smallest absolute Gasteiger partial charge is 0.417 e. The van der Waals surface area contributed by atoms with Crippen molar-refractivity contribution < 1.29 is 41.0 Å². The number of carbonyl (C=O) groups excluding carboxylic acids is 1. The van der Waals surface area contributed by atoms with Crippen LogP contribution in [0.1, 0.15) is 30.9 Å². The average molecular weight is 552 g/mol. The minimum absolute atomic E-state index is 0.0000671. The van der Waals surface area contributed by atoms with Crippen LogP contribution < -0.4 is 20.5 Å². The molecule has 2 heterocycles. The van der Waals surface area contributed by atoms with Crippen LogP contribution >= 0.6 is 0 Å². The molecule has 208 valence electrons. The Morgan fingerprint density at radius 3 is 2.44 bits per heavy atom. The molecule has 1 saturated heterocycles. The third kappa shape index (κ3) is 5.33. The zero-order chi connectivity index (χ0) is 28.5. The first kappa shape index (κ1) is 28.1. The highest BCUT2D eigenvalue weighted by Crippen LogP contribution is 2.55. The van der Waals surface area contributed by atoms with Crippen molar-refractivity contribution in [1.82, 2.24) is 4.98 Å². The van der Waals surface area contributed by atoms with Gasteiger partial charge in [0.15, 0.2) is 23.0 Å². The molecule has 1 fully saturated rings. The van der Waals surface area contributed by atoms with E-state index in [1.54, 1.807) is 0 Å². The van der Waals surface area contributed by atoms with Crippen LogP contribution in [0.5, 0.6) is 11.6 Å². The fraction of sp³-hybridized carbons (Fsp3) is 0.333. The first-order chi connectivity index (χ1) is 18.4. The van der Waals surface area contributed by atoms with E-state index >= 15 is 0 Å². The van der Waals surface area contributed by atoms with Crippen LogP contribution in [0, 0.1) is 17.6 Å². The number of carbonyl (C=O) groups is 1. The lowest BCUT2D eigenvalue weighted by Crippen LogP contribution is -2.47. The monoisotopic (exact) mass is 551 g/mol. The minimum Gasteiger partial charge on any atom is -0.493 e. The van der Waals surface area contributed by atoms with Crippen molar-refractivity contribution in [1.29, 1.82) is 0 Å². The van der Waals surface area contributed by atoms with Crippen molar-refractivity contribution in [2.24, 2.45) is 5.92 Å². The number of halogens is 5. The molecule has 4 atom stereocenters. The minimum atomic E-state index is -4.89. The first-order valence-corrected chi connectivity index (χ1v) is 11.9. The van der Waals surface area contributed by atoms with Gasteiger partial charge >= 0.3 is 6.18 Å². The third-order valence-corrected chi connectivity index (χ3v) is 6.96. The number of anilines is 2. The maximum atomic E-state index is 14.5. The molecule has 1 amide bonds. The molecular weight excluding hydrogens is 525 g/mol. The quantitative estimate of drug-likeness (QED) is 0.371. The number of ether oxygens (including phenoxy) is 3. The Hall–Kier alpha value is -3.93. The molecule has 1 aromatic heterocycles. The summed E-state index contributed by atoms with van der Waals surface area (Å²) in [5.41, 5.74) is 3.93. The van der Waals surface area contributed by atoms with Gasteiger partial charge < -0.3 is 25.3 Å². The Balaban J connectivity index is 1.62. The first-order valence-electron chi connectivity index (χ1n) is 11.9. The van der Waals surface area contributed by atoms with Crippen LogP contribution in [0.25, 0.3) is 0 Å². The standard InChI is InChI=1S/C27H26F5N3O4/c1-14-20(16-9-10-17(28)21(29)22(16)37-3)23(39-26(14,2)27(30,31)32)25(36)34-18-11-12-19(35-24(18)33)38-13-15-7-5-4-6-8-15/h4-12,14,20,23H,13H2,1-3H3,(H2,33,35)(H,34,36)/t14-,20-,23+,26+/m0/s1. The summed E-state index contributed by atoms with van der Waals surface area (Å²) in [5.74, 6) is -6.98. The number of nitrogens with zero attached hydrogens (tertiary/aromatic N) is 1. The Morgan fingerprint density at radius 1 is 1.13 bits per heavy atom. The maximum Gasteiger partial charge on any atom is 0.417 e. The predicted octanol–water partition coefficient (Wildman–Crippen LogP) is 5.61. The van der Waals surface area contributed by atoms with Gasteiger partial charge in [-0.3, -0.25) is 4.79 Å². The Morgan fingerprint density at radius 2 is 1.82 bits per heavy atom. The SMILES string of the molecule is COc1c([C@H]2[C@H](C(=O)Nc3ccc(OCc4ccccc4)nc3N)O[C@@](C)(C(F)(F)F)[C@H]2C)ccc(F)c1F. The second-order valence-electron chi connectivity index (χ2n) is 9.29. The van der Waals surface area contributed by atoms with Crippen LogP contribution in [0.4, 0.5) is 33.5 Å². The van der Waals surface area contributed by atoms with Gasteiger partial charge in [0.05, 0.1) is 12.8 Å². The zero-order valence-electron chi connectivity index (χ0n) is 21.2. The lowest BCUT2D eigenvalue weighted by atomic mass is 9.77. The van der Waals surface area contributed by atoms with Gasteiger partial charge in [-0.05, 0) is 24.6 Å². The molecule has 0 aliphatic carbocycles. The number of hydrogen-bond donors (Lipinski definition) is 2. The molecule has 12 heteroatoms. The molecule has 0 unspecified atom stereocenters. The van der Waals surface area contributed by atoms with Gasteiger partial charge in [0.25, 0.3) is 5.91 Å². The van der Waals surface area contributed by atoms with Crippen molar-refractivity contribution in [3.8, 4) is 11.6 Å². The summed E-state index contributed by atoms with van der Waals surface area (Å²) in [7, 11) is 1.05. The number of amides is 1. The van der Waals surface area contributed by atoms with Gasteiger partial charge in [0, 0.05) is 23.5 Å². The van der Waals surface area contributed by atoms with Gasteiger partial charge in [0.2, 0.25) is 11.7 Å². The van der Waals surface area contributed by atoms with E-state index in [0.29, 0.717) is 0 Å². The van der Waals surface area contributed by atoms with Crippen molar-refractivity contribution in [3.05, 3.63) is 77.4 Å². The molecular formula is C27H26F5N3O4. The number of nitrogen functional groups attached to an aromatic ring is 1. The summed E-state index contributed by atoms with van der Waals surface area (Å²) in [6.07, 6.45) is -6.65. The van der Waals surface area contributed by atoms with Crippen LogP contribution in [-0.4, -0.2) is 35.9 Å². The number of pyridine rings is 1. The van der Waals surface area contributed by atoms with Gasteiger partial charge in [-0.15, -0.1) is 0 Å². The van der Waals surface area contributed by atoms with Crippen molar-refractivity contribution in [3.63, 3.8) is 0 Å². The summed E-state index contributed by atoms with van der Waals surface area (Å²) < 4.78 is 86.6. The number of aromatic nitrogens is 1. The maximum absolute atomic E-state index is 14.5. The van der Waals surface area contributed by atoms with E-state index in [2.05, 4.69) is 10.3 Å². The molecule has 7 nitrogen and oxygen atoms in total. The van der Waals surface area contributed by atoms with E-state index in [4.69, 9.17) is 19.9 Å². The lowest BCUT2D eigenvalue weighted by molar-refractivity contribution is -0.272. The van der Waals surface area contributed by atoms with Crippen LogP contribution in [0.15, 0.2) is 54.6 Å². The highest BCUT2D eigenvalue weighted by molar-refractivity contribution is 5.97. The van der Waals surface area contributed by atoms with E-state index in [9.17, 15) is 26.7 Å². The number of hydrogen-bond acceptors (Lipinski definition) is 6. The molecule has 39 heavy (non-hydrogen) atoms. The lowest BCUT2D eigenvalue weighted by Gasteiger charge is -2.32. The number of nitrogens with one attached hydrogen (secondary N) is 1. The van der Waals surface area contributed by atoms with Crippen LogP contribution in [0.3, 0.4) is 0 Å². The van der Waals surface area contributed by atoms with Gasteiger partial charge in [-0.1, -0.05) is 43.3 Å². The summed E-state index contributed by atoms with van der Waals surface area (Å²) in [6, 6.07) is 13.9. The molecule has 1 aliphatic heterocycles. The Kier molecular flexibility index (Phi) is 7.69. The topological polar surface area (TPSA) is 95.7 Å². The van der Waals surface area contributed by atoms with Crippen molar-refractivity contribution in [2.45, 2.75) is 44.3 Å². The number of methoxy groups -OCH3 is 1. The average Bonchev–Trinajstić information content (AvgIpc) is 3.18. The van der Waals surface area contributed by atoms with E-state index in [-0.39, 0.29) is 29.6 Å². The number of benzene rings is 2. The van der Waals surface area contributed by atoms with E-state index in [0.717, 1.165) is 31.7 Å². The second-order valence-corrected chi connectivity index (χ2v) is 9.29. The summed E-state index contributed by atoms with van der Waals surface area (Å²) >= 11 is 0. The molecule has 3 aromatic rings. The summed E-state index contributed by atoms with van der Waals surface area (Å²) in [6.45, 7) is 2.24. The van der Waals surface area contributed by atoms with E-state index in [1.807, 2.05) is 30.3 Å². The zero-order valence-corrected chi connectivity index (χ0v) is 21.2. The molecule has 1 aliphatic rings. The molecule has 3 N–H and O–H groups in total. The van der Waals surface area contributed by atoms with Gasteiger partial charge in [-0.25, -0.2) is 4.39 Å². The van der Waals surface area contributed by atoms with Crippen LogP contribution in [0.2, 0.25) is 0 Å². The molecule has 0 saturated carbocycles. The van der Waals surface area contributed by atoms with Crippen molar-refractivity contribution >= 4 is 17.4 Å². The Bertz CT molecular complexity index is 1360. The largest absolute Gasteiger partial charge is 0.493 e. The molecule has 0 radical (unpaired) electrons. The third-order valence-electron chi connectivity index (χ3n) is 6.96. The molecule has 4 rings (SSSR count). The summed E-state index contributed by atoms with van der Waals surface area (Å²) in [5, 5.41) is 2.44. The second kappa shape index (κ2) is 10.7. The van der Waals surface area contributed by atoms with Gasteiger partial charge in [-0.2, -0.15) is 22.5 Å². The highest BCUT2D eigenvalue weighted by atomic mass is 19.4. The summed E-state index contributed by atoms with van der Waals surface area (Å²) in [4.78, 5) is 17.4. The number of rotatable bonds is 7. The van der Waals surface area contributed by atoms with Crippen LogP contribution in [-0.2, 0) is 16.1 Å². The van der Waals surface area contributed by atoms with E-state index in [1.165, 1.54) is 19.1 Å². The normalized spacial score (nSPS) is 22.9. The fourth-order valence-electron chi connectivity index (χ4n) is 4.62. The predicted molar refractivity (Wildman–Crippen MR) is 132 cm³/mol. The Labute approximate surface area is 221 Å². The molecule has 2 aromatic carbocycles. The van der Waals surface area contributed by atoms with E-state index < -0.39 is 53.0 Å². The van der Waals surface area contributed by atoms with Crippen molar-refractivity contribution in [2.75, 3.05) is 18.2 Å². The van der Waals surface area contributed by atoms with Gasteiger partial charge in [0.1, 0.15) is 12.7 Å². The number of nitrogens with two attached hydrogens (primary N) is 1. The fourth-order valence-corrected chi connectivity index (χ4v) is 4.62. The number of alkyl halides is 3.